The van der Waals surface area contributed by atoms with Crippen LogP contribution in [0.15, 0.2) is 108 Å². The van der Waals surface area contributed by atoms with Crippen LogP contribution in [0.2, 0.25) is 0 Å². The highest BCUT2D eigenvalue weighted by atomic mass is 19.4. The van der Waals surface area contributed by atoms with Gasteiger partial charge in [-0.05, 0) is 67.9 Å². The average Bonchev–Trinajstić information content (AvgIpc) is 3.42. The van der Waals surface area contributed by atoms with Gasteiger partial charge < -0.3 is 20.3 Å². The number of para-hydroxylation sites is 2. The summed E-state index contributed by atoms with van der Waals surface area (Å²) >= 11 is 0. The van der Waals surface area contributed by atoms with Gasteiger partial charge in [0, 0.05) is 39.2 Å². The lowest BCUT2D eigenvalue weighted by Crippen LogP contribution is -2.38. The lowest BCUT2D eigenvalue weighted by molar-refractivity contribution is -0.199. The number of hydroxylamine groups is 1. The van der Waals surface area contributed by atoms with E-state index in [9.17, 15) is 22.8 Å². The Morgan fingerprint density at radius 1 is 0.870 bits per heavy atom. The number of nitrogens with one attached hydrogen (secondary N) is 1. The highest BCUT2D eigenvalue weighted by Crippen LogP contribution is 2.35. The van der Waals surface area contributed by atoms with Crippen LogP contribution in [-0.2, 0) is 15.2 Å². The molecule has 232 valence electrons. The van der Waals surface area contributed by atoms with Gasteiger partial charge in [-0.1, -0.05) is 42.5 Å². The number of carbonyl (C=O) groups is 2. The summed E-state index contributed by atoms with van der Waals surface area (Å²) in [4.78, 5) is 38.3. The van der Waals surface area contributed by atoms with Gasteiger partial charge in [-0.15, -0.1) is 5.06 Å². The van der Waals surface area contributed by atoms with Crippen molar-refractivity contribution in [2.75, 3.05) is 10.4 Å². The maximum atomic E-state index is 13.3. The molecule has 0 saturated heterocycles. The van der Waals surface area contributed by atoms with Crippen molar-refractivity contribution in [3.63, 3.8) is 0 Å². The standard InChI is InChI=1S/C34H26F3N5O4/c1-33(2,38)21-12-10-20(11-13-21)31(43)42(46-32(44)34(35,36)37)23-16-14-22(15-17-23)41-29-18-27(39-19-40-29)26-8-5-7-25-24-6-3-4-9-28(24)45-30(25)26/h3-19H,38H2,1-2H3,(H,39,40,41). The molecule has 6 rings (SSSR count). The number of nitrogens with two attached hydrogens (primary N) is 1. The predicted octanol–water partition coefficient (Wildman–Crippen LogP) is 7.65. The molecule has 0 bridgehead atoms. The molecule has 0 aliphatic carbocycles. The van der Waals surface area contributed by atoms with Crippen LogP contribution < -0.4 is 16.1 Å². The van der Waals surface area contributed by atoms with Crippen molar-refractivity contribution < 1.29 is 32.0 Å². The van der Waals surface area contributed by atoms with E-state index in [2.05, 4.69) is 20.1 Å². The molecule has 0 atom stereocenters. The van der Waals surface area contributed by atoms with Crippen LogP contribution in [0, 0.1) is 0 Å². The summed E-state index contributed by atoms with van der Waals surface area (Å²) in [7, 11) is 0. The van der Waals surface area contributed by atoms with Crippen molar-refractivity contribution in [3.05, 3.63) is 115 Å². The van der Waals surface area contributed by atoms with Gasteiger partial charge in [-0.25, -0.2) is 14.8 Å². The zero-order valence-corrected chi connectivity index (χ0v) is 24.5. The van der Waals surface area contributed by atoms with Gasteiger partial charge in [0.1, 0.15) is 23.3 Å². The number of nitrogens with zero attached hydrogens (tertiary/aromatic N) is 3. The fourth-order valence-corrected chi connectivity index (χ4v) is 4.86. The lowest BCUT2D eigenvalue weighted by atomic mass is 9.95. The normalized spacial score (nSPS) is 11.9. The van der Waals surface area contributed by atoms with E-state index in [1.54, 1.807) is 32.0 Å². The number of amides is 1. The molecule has 12 heteroatoms. The van der Waals surface area contributed by atoms with Crippen molar-refractivity contribution in [3.8, 4) is 11.3 Å². The van der Waals surface area contributed by atoms with E-state index in [1.165, 1.54) is 42.7 Å². The average molecular weight is 626 g/mol. The zero-order chi connectivity index (χ0) is 32.6. The number of anilines is 3. The van der Waals surface area contributed by atoms with E-state index in [4.69, 9.17) is 10.2 Å². The van der Waals surface area contributed by atoms with Gasteiger partial charge in [0.05, 0.1) is 11.4 Å². The molecule has 0 aliphatic rings. The Labute approximate surface area is 260 Å². The molecule has 1 amide bonds. The number of fused-ring (bicyclic) bond motifs is 3. The van der Waals surface area contributed by atoms with E-state index in [1.807, 2.05) is 42.5 Å². The number of aromatic nitrogens is 2. The Morgan fingerprint density at radius 3 is 2.26 bits per heavy atom. The number of hydrogen-bond donors (Lipinski definition) is 2. The Balaban J connectivity index is 1.26. The molecular weight excluding hydrogens is 599 g/mol. The summed E-state index contributed by atoms with van der Waals surface area (Å²) in [6.07, 6.45) is -3.94. The molecule has 46 heavy (non-hydrogen) atoms. The summed E-state index contributed by atoms with van der Waals surface area (Å²) in [6, 6.07) is 26.8. The third-order valence-electron chi connectivity index (χ3n) is 7.19. The van der Waals surface area contributed by atoms with Crippen LogP contribution in [0.4, 0.5) is 30.4 Å². The molecule has 6 aromatic rings. The Hall–Kier alpha value is -5.75. The van der Waals surface area contributed by atoms with Gasteiger partial charge in [-0.3, -0.25) is 4.79 Å². The first-order valence-corrected chi connectivity index (χ1v) is 14.0. The smallest absolute Gasteiger partial charge is 0.455 e. The molecule has 0 saturated carbocycles. The number of furan rings is 1. The minimum absolute atomic E-state index is 0.0156. The molecule has 9 nitrogen and oxygen atoms in total. The molecule has 0 fully saturated rings. The Morgan fingerprint density at radius 2 is 1.57 bits per heavy atom. The summed E-state index contributed by atoms with van der Waals surface area (Å²) < 4.78 is 45.5. The predicted molar refractivity (Wildman–Crippen MR) is 167 cm³/mol. The van der Waals surface area contributed by atoms with Gasteiger partial charge in [-0.2, -0.15) is 13.2 Å². The third kappa shape index (κ3) is 6.10. The topological polar surface area (TPSA) is 124 Å². The number of benzene rings is 4. The first-order valence-electron chi connectivity index (χ1n) is 14.0. The zero-order valence-electron chi connectivity index (χ0n) is 24.5. The second kappa shape index (κ2) is 11.6. The summed E-state index contributed by atoms with van der Waals surface area (Å²) in [5.74, 6) is -3.11. The van der Waals surface area contributed by atoms with E-state index >= 15 is 0 Å². The fourth-order valence-electron chi connectivity index (χ4n) is 4.86. The molecular formula is C34H26F3N5O4. The van der Waals surface area contributed by atoms with Crippen LogP contribution in [0.25, 0.3) is 33.2 Å². The van der Waals surface area contributed by atoms with E-state index < -0.39 is 23.6 Å². The molecule has 0 aliphatic heterocycles. The van der Waals surface area contributed by atoms with E-state index in [0.29, 0.717) is 33.4 Å². The summed E-state index contributed by atoms with van der Waals surface area (Å²) in [5, 5.41) is 5.35. The van der Waals surface area contributed by atoms with Crippen molar-refractivity contribution in [1.29, 1.82) is 0 Å². The molecule has 0 spiro atoms. The molecule has 0 radical (unpaired) electrons. The van der Waals surface area contributed by atoms with Gasteiger partial charge in [0.25, 0.3) is 5.91 Å². The second-order valence-electron chi connectivity index (χ2n) is 11.0. The minimum atomic E-state index is -5.33. The maximum absolute atomic E-state index is 13.3. The van der Waals surface area contributed by atoms with Crippen molar-refractivity contribution in [2.24, 2.45) is 5.73 Å². The largest absolute Gasteiger partial charge is 0.493 e. The molecule has 0 unspecified atom stereocenters. The highest BCUT2D eigenvalue weighted by molar-refractivity contribution is 6.09. The quantitative estimate of drug-likeness (QED) is 0.181. The second-order valence-corrected chi connectivity index (χ2v) is 11.0. The van der Waals surface area contributed by atoms with Gasteiger partial charge in [0.2, 0.25) is 0 Å². The van der Waals surface area contributed by atoms with Crippen LogP contribution in [-0.4, -0.2) is 28.0 Å². The van der Waals surface area contributed by atoms with Crippen LogP contribution >= 0.6 is 0 Å². The number of halogens is 3. The van der Waals surface area contributed by atoms with Crippen molar-refractivity contribution >= 4 is 51.0 Å². The number of carbonyl (C=O) groups excluding carboxylic acids is 2. The van der Waals surface area contributed by atoms with Crippen molar-refractivity contribution in [1.82, 2.24) is 9.97 Å². The van der Waals surface area contributed by atoms with Gasteiger partial charge in [0.15, 0.2) is 0 Å². The number of hydrogen-bond acceptors (Lipinski definition) is 8. The first kappa shape index (κ1) is 30.3. The van der Waals surface area contributed by atoms with Crippen molar-refractivity contribution in [2.45, 2.75) is 25.6 Å². The number of alkyl halides is 3. The fraction of sp³-hybridized carbons (Fsp3) is 0.118. The molecule has 4 aromatic carbocycles. The number of rotatable bonds is 6. The molecule has 3 N–H and O–H groups in total. The maximum Gasteiger partial charge on any atom is 0.493 e. The Bertz CT molecular complexity index is 2070. The van der Waals surface area contributed by atoms with Crippen LogP contribution in [0.3, 0.4) is 0 Å². The van der Waals surface area contributed by atoms with Crippen LogP contribution in [0.1, 0.15) is 29.8 Å². The highest BCUT2D eigenvalue weighted by Gasteiger charge is 2.44. The monoisotopic (exact) mass is 625 g/mol. The SMILES string of the molecule is CC(C)(N)c1ccc(C(=O)N(OC(=O)C(F)(F)F)c2ccc(Nc3cc(-c4cccc5c4oc4ccccc45)ncn3)cc2)cc1. The Kier molecular flexibility index (Phi) is 7.66. The summed E-state index contributed by atoms with van der Waals surface area (Å²) in [5.41, 5.74) is 9.21. The minimum Gasteiger partial charge on any atom is -0.455 e. The third-order valence-corrected chi connectivity index (χ3v) is 7.19. The molecule has 2 aromatic heterocycles. The van der Waals surface area contributed by atoms with Gasteiger partial charge >= 0.3 is 12.1 Å². The van der Waals surface area contributed by atoms with E-state index in [0.717, 1.165) is 21.9 Å². The lowest BCUT2D eigenvalue weighted by Gasteiger charge is -2.23. The van der Waals surface area contributed by atoms with Crippen LogP contribution in [0.5, 0.6) is 0 Å². The summed E-state index contributed by atoms with van der Waals surface area (Å²) in [6.45, 7) is 3.53. The van der Waals surface area contributed by atoms with E-state index in [-0.39, 0.29) is 11.3 Å². The molecule has 2 heterocycles. The first-order chi connectivity index (χ1) is 21.9.